The van der Waals surface area contributed by atoms with E-state index in [1.807, 2.05) is 0 Å². The predicted molar refractivity (Wildman–Crippen MR) is 80.7 cm³/mol. The van der Waals surface area contributed by atoms with Gasteiger partial charge in [-0.2, -0.15) is 0 Å². The topological polar surface area (TPSA) is 95.5 Å². The first-order valence-corrected chi connectivity index (χ1v) is 9.28. The maximum absolute atomic E-state index is 11.5. The number of esters is 1. The van der Waals surface area contributed by atoms with E-state index >= 15 is 0 Å². The van der Waals surface area contributed by atoms with E-state index in [1.54, 1.807) is 0 Å². The minimum Gasteiger partial charge on any atom is -0.747 e. The second-order valence-electron chi connectivity index (χ2n) is 5.27. The summed E-state index contributed by atoms with van der Waals surface area (Å²) in [6.45, 7) is 4.00. The molecule has 126 valence electrons. The third-order valence-corrected chi connectivity index (χ3v) is 3.68. The first kappa shape index (κ1) is 24.6. The van der Waals surface area contributed by atoms with Gasteiger partial charge in [0.05, 0.1) is 12.5 Å². The molecule has 0 amide bonds. The van der Waals surface area contributed by atoms with Crippen LogP contribution in [0.2, 0.25) is 0 Å². The minimum atomic E-state index is -4.36. The molecule has 0 bridgehead atoms. The molecule has 0 aromatic carbocycles. The van der Waals surface area contributed by atoms with Crippen LogP contribution in [-0.2, 0) is 19.6 Å². The van der Waals surface area contributed by atoms with E-state index < -0.39 is 28.0 Å². The molecular weight excluding hydrogens is 317 g/mol. The van der Waals surface area contributed by atoms with E-state index in [4.69, 9.17) is 4.74 Å². The quantitative estimate of drug-likeness (QED) is 0.202. The van der Waals surface area contributed by atoms with Gasteiger partial charge in [-0.05, 0) is 13.3 Å². The zero-order valence-electron chi connectivity index (χ0n) is 14.1. The van der Waals surface area contributed by atoms with Gasteiger partial charge in [0.25, 0.3) is 0 Å². The monoisotopic (exact) mass is 345 g/mol. The van der Waals surface area contributed by atoms with Crippen molar-refractivity contribution in [1.82, 2.24) is 5.32 Å². The molecule has 0 radical (unpaired) electrons. The van der Waals surface area contributed by atoms with E-state index in [2.05, 4.69) is 12.2 Å². The van der Waals surface area contributed by atoms with Gasteiger partial charge in [-0.15, -0.1) is 0 Å². The van der Waals surface area contributed by atoms with Crippen LogP contribution < -0.4 is 34.9 Å². The van der Waals surface area contributed by atoms with Gasteiger partial charge in [0.15, 0.2) is 0 Å². The molecule has 0 aliphatic heterocycles. The molecule has 0 spiro atoms. The fraction of sp³-hybridized carbons (Fsp3) is 0.929. The molecule has 0 rings (SSSR count). The fourth-order valence-electron chi connectivity index (χ4n) is 1.84. The largest absolute Gasteiger partial charge is 1.00 e. The fourth-order valence-corrected chi connectivity index (χ4v) is 2.30. The van der Waals surface area contributed by atoms with Crippen molar-refractivity contribution in [3.8, 4) is 0 Å². The van der Waals surface area contributed by atoms with Crippen molar-refractivity contribution < 1.29 is 52.1 Å². The van der Waals surface area contributed by atoms with Crippen LogP contribution in [0.5, 0.6) is 0 Å². The molecule has 1 unspecified atom stereocenters. The van der Waals surface area contributed by atoms with Gasteiger partial charge in [0, 0.05) is 0 Å². The van der Waals surface area contributed by atoms with E-state index in [0.717, 1.165) is 19.3 Å². The Hall–Kier alpha value is 0.340. The van der Waals surface area contributed by atoms with Crippen LogP contribution in [0.15, 0.2) is 0 Å². The third-order valence-electron chi connectivity index (χ3n) is 3.16. The van der Waals surface area contributed by atoms with Crippen molar-refractivity contribution in [3.05, 3.63) is 0 Å². The Kier molecular flexibility index (Phi) is 16.7. The number of carbonyl (C=O) groups excluding carboxylic acids is 1. The Labute approximate surface area is 156 Å². The summed E-state index contributed by atoms with van der Waals surface area (Å²) in [5.41, 5.74) is 0. The maximum atomic E-state index is 11.5. The van der Waals surface area contributed by atoms with Gasteiger partial charge in [0.2, 0.25) is 0 Å². The van der Waals surface area contributed by atoms with Crippen molar-refractivity contribution in [2.45, 2.75) is 71.3 Å². The van der Waals surface area contributed by atoms with Gasteiger partial charge >= 0.3 is 35.5 Å². The normalized spacial score (nSPS) is 12.5. The van der Waals surface area contributed by atoms with Crippen molar-refractivity contribution >= 4 is 16.1 Å². The summed E-state index contributed by atoms with van der Waals surface area (Å²) in [6.07, 6.45) is 9.28. The Morgan fingerprint density at radius 3 is 2.09 bits per heavy atom. The average molecular weight is 345 g/mol. The second-order valence-corrected chi connectivity index (χ2v) is 6.67. The van der Waals surface area contributed by atoms with Gasteiger partial charge in [0.1, 0.15) is 16.2 Å². The number of hydrogen-bond donors (Lipinski definition) is 1. The second kappa shape index (κ2) is 14.9. The number of hydrogen-bond acceptors (Lipinski definition) is 6. The van der Waals surface area contributed by atoms with Crippen LogP contribution in [-0.4, -0.2) is 37.5 Å². The summed E-state index contributed by atoms with van der Waals surface area (Å²) in [4.78, 5) is 11.5. The number of rotatable bonds is 13. The molecular formula is C14H28NNaO5S. The molecule has 0 fully saturated rings. The van der Waals surface area contributed by atoms with Crippen LogP contribution in [0.1, 0.15) is 65.2 Å². The number of ether oxygens (including phenoxy) is 1. The summed E-state index contributed by atoms with van der Waals surface area (Å²) >= 11 is 0. The van der Waals surface area contributed by atoms with Crippen molar-refractivity contribution in [3.63, 3.8) is 0 Å². The molecule has 0 aliphatic carbocycles. The first-order valence-electron chi connectivity index (χ1n) is 7.70. The number of unbranched alkanes of at least 4 members (excludes halogenated alkanes) is 7. The molecule has 0 saturated heterocycles. The van der Waals surface area contributed by atoms with Gasteiger partial charge in [-0.1, -0.05) is 51.9 Å². The van der Waals surface area contributed by atoms with Crippen molar-refractivity contribution in [2.24, 2.45) is 0 Å². The predicted octanol–water partition coefficient (Wildman–Crippen LogP) is -0.845. The Bertz CT molecular complexity index is 375. The molecule has 0 aliphatic rings. The minimum absolute atomic E-state index is 0. The SMILES string of the molecule is CCCCCCCCCCOC(=O)C(C)NCS(=O)(=O)[O-].[Na+]. The summed E-state index contributed by atoms with van der Waals surface area (Å²) in [6, 6.07) is -0.789. The maximum Gasteiger partial charge on any atom is 1.00 e. The zero-order chi connectivity index (χ0) is 16.1. The molecule has 6 nitrogen and oxygen atoms in total. The van der Waals surface area contributed by atoms with Crippen LogP contribution in [0.4, 0.5) is 0 Å². The summed E-state index contributed by atoms with van der Waals surface area (Å²) in [7, 11) is -4.36. The van der Waals surface area contributed by atoms with E-state index in [1.165, 1.54) is 39.0 Å². The Morgan fingerprint density at radius 1 is 1.09 bits per heavy atom. The summed E-state index contributed by atoms with van der Waals surface area (Å²) < 4.78 is 36.3. The average Bonchev–Trinajstić information content (AvgIpc) is 2.41. The standard InChI is InChI=1S/C14H29NO5S.Na/c1-3-4-5-6-7-8-9-10-11-20-14(16)13(2)15-12-21(17,18)19;/h13,15H,3-12H2,1-2H3,(H,17,18,19);/q;+1/p-1. The molecule has 0 saturated carbocycles. The number of carbonyl (C=O) groups is 1. The van der Waals surface area contributed by atoms with Crippen molar-refractivity contribution in [2.75, 3.05) is 12.5 Å². The molecule has 0 aromatic heterocycles. The molecule has 22 heavy (non-hydrogen) atoms. The van der Waals surface area contributed by atoms with E-state index in [9.17, 15) is 17.8 Å². The van der Waals surface area contributed by atoms with Gasteiger partial charge < -0.3 is 9.29 Å². The first-order chi connectivity index (χ1) is 9.87. The smallest absolute Gasteiger partial charge is 0.747 e. The molecule has 0 heterocycles. The molecule has 0 aromatic rings. The zero-order valence-corrected chi connectivity index (χ0v) is 16.9. The number of nitrogens with one attached hydrogen (secondary N) is 1. The third kappa shape index (κ3) is 16.7. The van der Waals surface area contributed by atoms with Crippen LogP contribution in [0.3, 0.4) is 0 Å². The summed E-state index contributed by atoms with van der Waals surface area (Å²) in [5.74, 6) is -1.29. The van der Waals surface area contributed by atoms with Crippen LogP contribution in [0.25, 0.3) is 0 Å². The van der Waals surface area contributed by atoms with Crippen LogP contribution in [0, 0.1) is 0 Å². The van der Waals surface area contributed by atoms with Crippen molar-refractivity contribution in [1.29, 1.82) is 0 Å². The van der Waals surface area contributed by atoms with E-state index in [-0.39, 0.29) is 29.6 Å². The molecule has 1 atom stereocenters. The van der Waals surface area contributed by atoms with Crippen LogP contribution >= 0.6 is 0 Å². The van der Waals surface area contributed by atoms with Gasteiger partial charge in [-0.3, -0.25) is 10.1 Å². The van der Waals surface area contributed by atoms with Gasteiger partial charge in [-0.25, -0.2) is 8.42 Å². The molecule has 1 N–H and O–H groups in total. The molecule has 8 heteroatoms. The Morgan fingerprint density at radius 2 is 1.59 bits per heavy atom. The summed E-state index contributed by atoms with van der Waals surface area (Å²) in [5, 5.41) is 2.33. The van der Waals surface area contributed by atoms with E-state index in [0.29, 0.717) is 6.61 Å². The Balaban J connectivity index is 0.